The van der Waals surface area contributed by atoms with Crippen molar-refractivity contribution < 1.29 is 4.79 Å². The fourth-order valence-electron chi connectivity index (χ4n) is 2.84. The van der Waals surface area contributed by atoms with Crippen molar-refractivity contribution in [3.8, 4) is 10.6 Å². The minimum Gasteiger partial charge on any atom is -0.325 e. The largest absolute Gasteiger partial charge is 0.325 e. The lowest BCUT2D eigenvalue weighted by Gasteiger charge is -2.08. The number of nitrogens with one attached hydrogen (secondary N) is 1. The second-order valence-corrected chi connectivity index (χ2v) is 7.14. The van der Waals surface area contributed by atoms with Crippen LogP contribution in [0.15, 0.2) is 72.1 Å². The Hall–Kier alpha value is -2.69. The first kappa shape index (κ1) is 16.8. The van der Waals surface area contributed by atoms with Crippen molar-refractivity contribution in [3.05, 3.63) is 82.8 Å². The Morgan fingerprint density at radius 1 is 1.00 bits per heavy atom. The Kier molecular flexibility index (Phi) is 4.69. The first-order valence-corrected chi connectivity index (χ1v) is 9.43. The van der Waals surface area contributed by atoms with E-state index in [0.717, 1.165) is 32.7 Å². The summed E-state index contributed by atoms with van der Waals surface area (Å²) in [5, 5.41) is 8.50. The van der Waals surface area contributed by atoms with E-state index in [1.165, 1.54) is 11.3 Å². The smallest absolute Gasteiger partial charge is 0.230 e. The number of fused-ring (bicyclic) bond motifs is 1. The van der Waals surface area contributed by atoms with Gasteiger partial charge in [0.25, 0.3) is 0 Å². The van der Waals surface area contributed by atoms with Crippen molar-refractivity contribution in [1.82, 2.24) is 4.98 Å². The second-order valence-electron chi connectivity index (χ2n) is 5.88. The number of halogens is 1. The number of rotatable bonds is 4. The van der Waals surface area contributed by atoms with E-state index in [9.17, 15) is 4.79 Å². The van der Waals surface area contributed by atoms with Gasteiger partial charge in [-0.1, -0.05) is 66.2 Å². The van der Waals surface area contributed by atoms with E-state index < -0.39 is 0 Å². The minimum atomic E-state index is -0.0858. The molecule has 1 heterocycles. The predicted molar refractivity (Wildman–Crippen MR) is 109 cm³/mol. The van der Waals surface area contributed by atoms with Gasteiger partial charge in [-0.25, -0.2) is 4.98 Å². The molecule has 0 fully saturated rings. The first-order chi connectivity index (χ1) is 12.7. The summed E-state index contributed by atoms with van der Waals surface area (Å²) in [6.07, 6.45) is 0.226. The first-order valence-electron chi connectivity index (χ1n) is 8.17. The van der Waals surface area contributed by atoms with E-state index in [1.807, 2.05) is 72.1 Å². The molecule has 0 saturated carbocycles. The molecule has 1 aromatic heterocycles. The normalized spacial score (nSPS) is 10.8. The van der Waals surface area contributed by atoms with E-state index in [-0.39, 0.29) is 12.3 Å². The number of hydrogen-bond acceptors (Lipinski definition) is 3. The molecule has 1 N–H and O–H groups in total. The molecule has 128 valence electrons. The van der Waals surface area contributed by atoms with Gasteiger partial charge in [-0.3, -0.25) is 4.79 Å². The second kappa shape index (κ2) is 7.28. The summed E-state index contributed by atoms with van der Waals surface area (Å²) in [5.41, 5.74) is 2.44. The Morgan fingerprint density at radius 2 is 1.77 bits per heavy atom. The van der Waals surface area contributed by atoms with Gasteiger partial charge in [-0.05, 0) is 17.5 Å². The number of thiazole rings is 1. The molecule has 0 unspecified atom stereocenters. The predicted octanol–water partition coefficient (Wildman–Crippen LogP) is 5.80. The van der Waals surface area contributed by atoms with E-state index in [1.54, 1.807) is 0 Å². The molecular weight excluding hydrogens is 364 g/mol. The molecule has 3 nitrogen and oxygen atoms in total. The highest BCUT2D eigenvalue weighted by Gasteiger charge is 2.12. The summed E-state index contributed by atoms with van der Waals surface area (Å²) in [6, 6.07) is 21.5. The lowest BCUT2D eigenvalue weighted by atomic mass is 10.1. The fourth-order valence-corrected chi connectivity index (χ4v) is 3.98. The van der Waals surface area contributed by atoms with Gasteiger partial charge in [0.2, 0.25) is 5.91 Å². The molecule has 0 aliphatic rings. The number of anilines is 1. The molecule has 0 bridgehead atoms. The summed E-state index contributed by atoms with van der Waals surface area (Å²) < 4.78 is 0. The third-order valence-electron chi connectivity index (χ3n) is 4.06. The van der Waals surface area contributed by atoms with Crippen LogP contribution in [0.5, 0.6) is 0 Å². The number of carbonyl (C=O) groups excluding carboxylic acids is 1. The summed E-state index contributed by atoms with van der Waals surface area (Å²) in [5.74, 6) is -0.0858. The van der Waals surface area contributed by atoms with Crippen molar-refractivity contribution in [3.63, 3.8) is 0 Å². The Labute approximate surface area is 160 Å². The highest BCUT2D eigenvalue weighted by Crippen LogP contribution is 2.30. The highest BCUT2D eigenvalue weighted by molar-refractivity contribution is 7.13. The fraction of sp³-hybridized carbons (Fsp3) is 0.0476. The van der Waals surface area contributed by atoms with E-state index in [2.05, 4.69) is 10.3 Å². The van der Waals surface area contributed by atoms with Crippen LogP contribution in [0.1, 0.15) is 5.69 Å². The van der Waals surface area contributed by atoms with Crippen LogP contribution >= 0.6 is 22.9 Å². The molecule has 0 atom stereocenters. The molecule has 26 heavy (non-hydrogen) atoms. The van der Waals surface area contributed by atoms with E-state index >= 15 is 0 Å². The molecule has 3 aromatic carbocycles. The van der Waals surface area contributed by atoms with Gasteiger partial charge in [0.1, 0.15) is 5.01 Å². The average Bonchev–Trinajstić information content (AvgIpc) is 3.10. The van der Waals surface area contributed by atoms with Crippen LogP contribution in [0.4, 0.5) is 5.69 Å². The van der Waals surface area contributed by atoms with Crippen molar-refractivity contribution in [2.45, 2.75) is 6.42 Å². The maximum absolute atomic E-state index is 12.5. The van der Waals surface area contributed by atoms with Crippen molar-refractivity contribution >= 4 is 45.3 Å². The molecule has 0 radical (unpaired) electrons. The van der Waals surface area contributed by atoms with Crippen molar-refractivity contribution in [2.75, 3.05) is 5.32 Å². The molecule has 0 aliphatic carbocycles. The SMILES string of the molecule is O=C(Cc1csc(-c2ccccc2Cl)n1)Nc1cccc2ccccc12. The standard InChI is InChI=1S/C21H15ClN2OS/c22-18-10-4-3-9-17(18)21-23-15(13-26-21)12-20(25)24-19-11-5-7-14-6-1-2-8-16(14)19/h1-11,13H,12H2,(H,24,25). The summed E-state index contributed by atoms with van der Waals surface area (Å²) >= 11 is 7.72. The van der Waals surface area contributed by atoms with Gasteiger partial charge in [-0.2, -0.15) is 0 Å². The highest BCUT2D eigenvalue weighted by atomic mass is 35.5. The molecule has 0 aliphatic heterocycles. The summed E-state index contributed by atoms with van der Waals surface area (Å²) in [7, 11) is 0. The van der Waals surface area contributed by atoms with Gasteiger partial charge in [-0.15, -0.1) is 11.3 Å². The Bertz CT molecular complexity index is 1080. The maximum Gasteiger partial charge on any atom is 0.230 e. The van der Waals surface area contributed by atoms with Gasteiger partial charge in [0.15, 0.2) is 0 Å². The lowest BCUT2D eigenvalue weighted by Crippen LogP contribution is -2.14. The summed E-state index contributed by atoms with van der Waals surface area (Å²) in [4.78, 5) is 17.0. The molecule has 1 amide bonds. The molecule has 0 saturated heterocycles. The number of carbonyl (C=O) groups is 1. The van der Waals surface area contributed by atoms with Gasteiger partial charge < -0.3 is 5.32 Å². The third-order valence-corrected chi connectivity index (χ3v) is 5.32. The zero-order valence-corrected chi connectivity index (χ0v) is 15.3. The maximum atomic E-state index is 12.5. The van der Waals surface area contributed by atoms with Crippen molar-refractivity contribution in [2.24, 2.45) is 0 Å². The van der Waals surface area contributed by atoms with Crippen LogP contribution in [-0.4, -0.2) is 10.9 Å². The van der Waals surface area contributed by atoms with Crippen LogP contribution < -0.4 is 5.32 Å². The molecule has 5 heteroatoms. The third kappa shape index (κ3) is 3.47. The van der Waals surface area contributed by atoms with Gasteiger partial charge in [0.05, 0.1) is 17.1 Å². The topological polar surface area (TPSA) is 42.0 Å². The molecule has 0 spiro atoms. The zero-order chi connectivity index (χ0) is 17.9. The number of aromatic nitrogens is 1. The Balaban J connectivity index is 1.51. The monoisotopic (exact) mass is 378 g/mol. The number of nitrogens with zero attached hydrogens (tertiary/aromatic N) is 1. The van der Waals surface area contributed by atoms with Crippen LogP contribution in [0.25, 0.3) is 21.3 Å². The van der Waals surface area contributed by atoms with Crippen LogP contribution in [0.2, 0.25) is 5.02 Å². The number of hydrogen-bond donors (Lipinski definition) is 1. The van der Waals surface area contributed by atoms with Crippen molar-refractivity contribution in [1.29, 1.82) is 0 Å². The molecule has 4 aromatic rings. The lowest BCUT2D eigenvalue weighted by molar-refractivity contribution is -0.115. The number of amides is 1. The van der Waals surface area contributed by atoms with E-state index in [4.69, 9.17) is 11.6 Å². The van der Waals surface area contributed by atoms with Gasteiger partial charge >= 0.3 is 0 Å². The molecule has 4 rings (SSSR count). The van der Waals surface area contributed by atoms with Crippen LogP contribution in [0.3, 0.4) is 0 Å². The quantitative estimate of drug-likeness (QED) is 0.487. The zero-order valence-electron chi connectivity index (χ0n) is 13.8. The van der Waals surface area contributed by atoms with Crippen LogP contribution in [0, 0.1) is 0 Å². The Morgan fingerprint density at radius 3 is 2.65 bits per heavy atom. The van der Waals surface area contributed by atoms with Crippen LogP contribution in [-0.2, 0) is 11.2 Å². The van der Waals surface area contributed by atoms with E-state index in [0.29, 0.717) is 5.02 Å². The average molecular weight is 379 g/mol. The molecular formula is C21H15ClN2OS. The number of benzene rings is 3. The van der Waals surface area contributed by atoms with Gasteiger partial charge in [0, 0.05) is 22.0 Å². The summed E-state index contributed by atoms with van der Waals surface area (Å²) in [6.45, 7) is 0. The minimum absolute atomic E-state index is 0.0858.